The maximum absolute atomic E-state index is 11.8. The van der Waals surface area contributed by atoms with Gasteiger partial charge in [0.2, 0.25) is 0 Å². The standard InChI is InChI=1S/C16H21N3O2S/c1-12(9-15(20)13-5-3-2-4-6-13)19-16(21)17-8-7-14-10-22-11-18-14/h2-6,10-12,15,20H,7-9H2,1H3,(H2,17,19,21). The third kappa shape index (κ3) is 5.46. The number of nitrogens with zero attached hydrogens (tertiary/aromatic N) is 1. The number of aliphatic hydroxyl groups excluding tert-OH is 1. The number of aliphatic hydroxyl groups is 1. The number of aromatic nitrogens is 1. The molecule has 1 heterocycles. The summed E-state index contributed by atoms with van der Waals surface area (Å²) < 4.78 is 0. The molecule has 0 aliphatic heterocycles. The molecule has 0 bridgehead atoms. The fourth-order valence-electron chi connectivity index (χ4n) is 2.15. The lowest BCUT2D eigenvalue weighted by molar-refractivity contribution is 0.154. The smallest absolute Gasteiger partial charge is 0.315 e. The van der Waals surface area contributed by atoms with Crippen molar-refractivity contribution < 1.29 is 9.90 Å². The van der Waals surface area contributed by atoms with Gasteiger partial charge in [-0.3, -0.25) is 0 Å². The van der Waals surface area contributed by atoms with Crippen LogP contribution < -0.4 is 10.6 Å². The van der Waals surface area contributed by atoms with Gasteiger partial charge in [-0.15, -0.1) is 11.3 Å². The lowest BCUT2D eigenvalue weighted by Gasteiger charge is -2.18. The quantitative estimate of drug-likeness (QED) is 0.734. The van der Waals surface area contributed by atoms with E-state index in [4.69, 9.17) is 0 Å². The second-order valence-electron chi connectivity index (χ2n) is 5.19. The predicted molar refractivity (Wildman–Crippen MR) is 87.8 cm³/mol. The minimum atomic E-state index is -0.577. The molecule has 2 unspecified atom stereocenters. The summed E-state index contributed by atoms with van der Waals surface area (Å²) in [6, 6.07) is 9.12. The van der Waals surface area contributed by atoms with Gasteiger partial charge >= 0.3 is 6.03 Å². The molecule has 0 saturated heterocycles. The van der Waals surface area contributed by atoms with Crippen LogP contribution in [0.15, 0.2) is 41.2 Å². The van der Waals surface area contributed by atoms with E-state index < -0.39 is 6.10 Å². The molecular formula is C16H21N3O2S. The summed E-state index contributed by atoms with van der Waals surface area (Å²) >= 11 is 1.55. The highest BCUT2D eigenvalue weighted by molar-refractivity contribution is 7.07. The molecule has 0 spiro atoms. The number of benzene rings is 1. The Morgan fingerprint density at radius 1 is 1.36 bits per heavy atom. The van der Waals surface area contributed by atoms with E-state index in [9.17, 15) is 9.90 Å². The molecule has 5 nitrogen and oxygen atoms in total. The number of hydrogen-bond donors (Lipinski definition) is 3. The van der Waals surface area contributed by atoms with Gasteiger partial charge in [-0.25, -0.2) is 9.78 Å². The van der Waals surface area contributed by atoms with Gasteiger partial charge in [-0.1, -0.05) is 30.3 Å². The maximum atomic E-state index is 11.8. The van der Waals surface area contributed by atoms with Crippen molar-refractivity contribution in [2.24, 2.45) is 0 Å². The van der Waals surface area contributed by atoms with Crippen LogP contribution in [0.4, 0.5) is 4.79 Å². The number of carbonyl (C=O) groups excluding carboxylic acids is 1. The highest BCUT2D eigenvalue weighted by Gasteiger charge is 2.14. The number of hydrogen-bond acceptors (Lipinski definition) is 4. The summed E-state index contributed by atoms with van der Waals surface area (Å²) in [6.07, 6.45) is 0.619. The van der Waals surface area contributed by atoms with Crippen molar-refractivity contribution in [3.05, 3.63) is 52.5 Å². The van der Waals surface area contributed by atoms with Gasteiger partial charge in [0.25, 0.3) is 0 Å². The van der Waals surface area contributed by atoms with Crippen LogP contribution in [-0.4, -0.2) is 28.7 Å². The molecular weight excluding hydrogens is 298 g/mol. The summed E-state index contributed by atoms with van der Waals surface area (Å²) in [7, 11) is 0. The summed E-state index contributed by atoms with van der Waals surface area (Å²) in [5.74, 6) is 0. The molecule has 0 fully saturated rings. The number of nitrogens with one attached hydrogen (secondary N) is 2. The highest BCUT2D eigenvalue weighted by Crippen LogP contribution is 2.17. The average Bonchev–Trinajstić information content (AvgIpc) is 3.01. The zero-order chi connectivity index (χ0) is 15.8. The van der Waals surface area contributed by atoms with Crippen LogP contribution in [0.25, 0.3) is 0 Å². The topological polar surface area (TPSA) is 74.2 Å². The molecule has 2 amide bonds. The number of thiazole rings is 1. The lowest BCUT2D eigenvalue weighted by Crippen LogP contribution is -2.42. The Morgan fingerprint density at radius 3 is 2.82 bits per heavy atom. The third-order valence-electron chi connectivity index (χ3n) is 3.29. The molecule has 0 aliphatic rings. The van der Waals surface area contributed by atoms with Crippen molar-refractivity contribution in [2.75, 3.05) is 6.54 Å². The second kappa shape index (κ2) is 8.51. The molecule has 1 aromatic carbocycles. The van der Waals surface area contributed by atoms with Crippen LogP contribution in [0.5, 0.6) is 0 Å². The Hall–Kier alpha value is -1.92. The van der Waals surface area contributed by atoms with Gasteiger partial charge in [-0.2, -0.15) is 0 Å². The van der Waals surface area contributed by atoms with Crippen LogP contribution in [0, 0.1) is 0 Å². The summed E-state index contributed by atoms with van der Waals surface area (Å²) in [6.45, 7) is 2.43. The molecule has 22 heavy (non-hydrogen) atoms. The molecule has 2 rings (SSSR count). The summed E-state index contributed by atoms with van der Waals surface area (Å²) in [4.78, 5) is 15.9. The van der Waals surface area contributed by atoms with Crippen molar-refractivity contribution in [1.82, 2.24) is 15.6 Å². The van der Waals surface area contributed by atoms with Gasteiger partial charge in [-0.05, 0) is 18.9 Å². The fourth-order valence-corrected chi connectivity index (χ4v) is 2.74. The lowest BCUT2D eigenvalue weighted by atomic mass is 10.0. The zero-order valence-corrected chi connectivity index (χ0v) is 13.3. The Kier molecular flexibility index (Phi) is 6.36. The van der Waals surface area contributed by atoms with Gasteiger partial charge in [0.1, 0.15) is 0 Å². The van der Waals surface area contributed by atoms with Gasteiger partial charge in [0.05, 0.1) is 17.3 Å². The molecule has 0 radical (unpaired) electrons. The largest absolute Gasteiger partial charge is 0.388 e. The second-order valence-corrected chi connectivity index (χ2v) is 5.91. The van der Waals surface area contributed by atoms with Crippen molar-refractivity contribution in [3.8, 4) is 0 Å². The predicted octanol–water partition coefficient (Wildman–Crippen LogP) is 2.50. The van der Waals surface area contributed by atoms with E-state index in [1.165, 1.54) is 0 Å². The number of urea groups is 1. The molecule has 2 atom stereocenters. The van der Waals surface area contributed by atoms with Crippen LogP contribution in [0.3, 0.4) is 0 Å². The van der Waals surface area contributed by atoms with Crippen LogP contribution in [0.1, 0.15) is 30.7 Å². The SMILES string of the molecule is CC(CC(O)c1ccccc1)NC(=O)NCCc1cscn1. The van der Waals surface area contributed by atoms with Crippen molar-refractivity contribution in [2.45, 2.75) is 31.9 Å². The normalized spacial score (nSPS) is 13.4. The van der Waals surface area contributed by atoms with E-state index in [0.29, 0.717) is 13.0 Å². The highest BCUT2D eigenvalue weighted by atomic mass is 32.1. The maximum Gasteiger partial charge on any atom is 0.315 e. The van der Waals surface area contributed by atoms with Crippen molar-refractivity contribution in [3.63, 3.8) is 0 Å². The first-order chi connectivity index (χ1) is 10.6. The van der Waals surface area contributed by atoms with E-state index in [1.807, 2.05) is 42.6 Å². The summed E-state index contributed by atoms with van der Waals surface area (Å²) in [5, 5.41) is 17.7. The number of amides is 2. The molecule has 3 N–H and O–H groups in total. The first kappa shape index (κ1) is 16.5. The zero-order valence-electron chi connectivity index (χ0n) is 12.5. The number of carbonyl (C=O) groups is 1. The van der Waals surface area contributed by atoms with Crippen molar-refractivity contribution in [1.29, 1.82) is 0 Å². The molecule has 0 saturated carbocycles. The monoisotopic (exact) mass is 319 g/mol. The van der Waals surface area contributed by atoms with Crippen LogP contribution in [0.2, 0.25) is 0 Å². The molecule has 0 aliphatic carbocycles. The first-order valence-corrected chi connectivity index (χ1v) is 8.24. The van der Waals surface area contributed by atoms with Gasteiger partial charge in [0, 0.05) is 24.4 Å². The summed E-state index contributed by atoms with van der Waals surface area (Å²) in [5.41, 5.74) is 3.63. The number of rotatable bonds is 7. The van der Waals surface area contributed by atoms with E-state index in [2.05, 4.69) is 15.6 Å². The molecule has 2 aromatic rings. The van der Waals surface area contributed by atoms with Crippen LogP contribution >= 0.6 is 11.3 Å². The Bertz CT molecular complexity index is 560. The Balaban J connectivity index is 1.67. The molecule has 1 aromatic heterocycles. The Labute approximate surface area is 134 Å². The third-order valence-corrected chi connectivity index (χ3v) is 3.92. The first-order valence-electron chi connectivity index (χ1n) is 7.29. The average molecular weight is 319 g/mol. The molecule has 6 heteroatoms. The van der Waals surface area contributed by atoms with Gasteiger partial charge in [0.15, 0.2) is 0 Å². The molecule has 118 valence electrons. The van der Waals surface area contributed by atoms with Crippen molar-refractivity contribution >= 4 is 17.4 Å². The van der Waals surface area contributed by atoms with E-state index in [-0.39, 0.29) is 12.1 Å². The fraction of sp³-hybridized carbons (Fsp3) is 0.375. The Morgan fingerprint density at radius 2 is 2.14 bits per heavy atom. The van der Waals surface area contributed by atoms with Crippen LogP contribution in [-0.2, 0) is 6.42 Å². The van der Waals surface area contributed by atoms with E-state index >= 15 is 0 Å². The minimum absolute atomic E-state index is 0.116. The van der Waals surface area contributed by atoms with E-state index in [1.54, 1.807) is 16.8 Å². The van der Waals surface area contributed by atoms with E-state index in [0.717, 1.165) is 17.7 Å². The van der Waals surface area contributed by atoms with Gasteiger partial charge < -0.3 is 15.7 Å². The minimum Gasteiger partial charge on any atom is -0.388 e.